The van der Waals surface area contributed by atoms with Crippen LogP contribution in [0.15, 0.2) is 42.7 Å². The lowest BCUT2D eigenvalue weighted by Gasteiger charge is -2.00. The summed E-state index contributed by atoms with van der Waals surface area (Å²) in [5.74, 6) is 0. The largest absolute Gasteiger partial charge is 0.332 e. The van der Waals surface area contributed by atoms with E-state index in [2.05, 4.69) is 27.5 Å². The lowest BCUT2D eigenvalue weighted by Crippen LogP contribution is -1.81. The summed E-state index contributed by atoms with van der Waals surface area (Å²) in [6, 6.07) is 9.94. The first-order chi connectivity index (χ1) is 8.36. The number of anilines is 1. The van der Waals surface area contributed by atoms with E-state index >= 15 is 0 Å². The number of thiol groups is 1. The van der Waals surface area contributed by atoms with Crippen molar-refractivity contribution in [3.05, 3.63) is 42.7 Å². The van der Waals surface area contributed by atoms with Gasteiger partial charge in [-0.3, -0.25) is 4.98 Å². The van der Waals surface area contributed by atoms with Gasteiger partial charge in [0.05, 0.1) is 10.2 Å². The van der Waals surface area contributed by atoms with E-state index in [1.807, 2.05) is 36.5 Å². The molecule has 1 N–H and O–H groups in total. The van der Waals surface area contributed by atoms with E-state index in [1.54, 1.807) is 17.5 Å². The van der Waals surface area contributed by atoms with Gasteiger partial charge in [0.15, 0.2) is 0 Å². The zero-order valence-corrected chi connectivity index (χ0v) is 10.5. The predicted molar refractivity (Wildman–Crippen MR) is 75.5 cm³/mol. The Morgan fingerprint density at radius 2 is 2.18 bits per heavy atom. The lowest BCUT2D eigenvalue weighted by atomic mass is 10.2. The maximum absolute atomic E-state index is 4.58. The summed E-state index contributed by atoms with van der Waals surface area (Å²) >= 11 is 5.69. The first kappa shape index (κ1) is 10.6. The Hall–Kier alpha value is -1.59. The molecule has 2 heterocycles. The molecule has 84 valence electrons. The summed E-state index contributed by atoms with van der Waals surface area (Å²) < 4.78 is 3.93. The number of fused-ring (bicyclic) bond motifs is 1. The molecule has 5 heteroatoms. The number of benzene rings is 1. The van der Waals surface area contributed by atoms with E-state index in [9.17, 15) is 0 Å². The van der Waals surface area contributed by atoms with Crippen LogP contribution in [0.2, 0.25) is 0 Å². The zero-order valence-electron chi connectivity index (χ0n) is 8.79. The monoisotopic (exact) mass is 259 g/mol. The van der Waals surface area contributed by atoms with Crippen LogP contribution >= 0.6 is 24.2 Å². The molecule has 0 atom stereocenters. The van der Waals surface area contributed by atoms with Crippen molar-refractivity contribution in [3.63, 3.8) is 0 Å². The molecule has 3 nitrogen and oxygen atoms in total. The van der Waals surface area contributed by atoms with Crippen LogP contribution in [0.3, 0.4) is 0 Å². The van der Waals surface area contributed by atoms with E-state index in [0.29, 0.717) is 0 Å². The fourth-order valence-corrected chi connectivity index (χ4v) is 2.69. The molecule has 1 aromatic carbocycles. The van der Waals surface area contributed by atoms with Crippen LogP contribution in [0.4, 0.5) is 5.69 Å². The van der Waals surface area contributed by atoms with E-state index in [1.165, 1.54) is 0 Å². The number of nitrogens with zero attached hydrogens (tertiary/aromatic N) is 2. The van der Waals surface area contributed by atoms with E-state index in [-0.39, 0.29) is 0 Å². The highest BCUT2D eigenvalue weighted by Gasteiger charge is 2.06. The van der Waals surface area contributed by atoms with Crippen LogP contribution in [-0.4, -0.2) is 9.97 Å². The number of rotatable bonds is 2. The molecule has 0 aliphatic carbocycles. The van der Waals surface area contributed by atoms with Gasteiger partial charge in [-0.25, -0.2) is 4.98 Å². The molecule has 0 radical (unpaired) electrons. The van der Waals surface area contributed by atoms with Crippen LogP contribution < -0.4 is 4.72 Å². The number of nitrogens with one attached hydrogen (secondary N) is 1. The normalized spacial score (nSPS) is 10.6. The summed E-state index contributed by atoms with van der Waals surface area (Å²) in [5, 5.41) is 0.999. The highest BCUT2D eigenvalue weighted by Crippen LogP contribution is 2.30. The highest BCUT2D eigenvalue weighted by molar-refractivity contribution is 7.81. The van der Waals surface area contributed by atoms with E-state index < -0.39 is 0 Å². The van der Waals surface area contributed by atoms with Gasteiger partial charge in [-0.05, 0) is 18.2 Å². The van der Waals surface area contributed by atoms with Crippen LogP contribution in [0, 0.1) is 0 Å². The molecule has 17 heavy (non-hydrogen) atoms. The van der Waals surface area contributed by atoms with E-state index in [0.717, 1.165) is 26.5 Å². The summed E-state index contributed by atoms with van der Waals surface area (Å²) in [7, 11) is 0. The zero-order chi connectivity index (χ0) is 11.7. The third kappa shape index (κ3) is 1.99. The Labute approximate surface area is 108 Å². The number of aromatic nitrogens is 2. The van der Waals surface area contributed by atoms with Crippen molar-refractivity contribution in [3.8, 4) is 10.6 Å². The maximum Gasteiger partial charge on any atom is 0.124 e. The van der Waals surface area contributed by atoms with Gasteiger partial charge in [-0.15, -0.1) is 11.3 Å². The number of pyridine rings is 1. The second-order valence-corrected chi connectivity index (χ2v) is 4.81. The van der Waals surface area contributed by atoms with Gasteiger partial charge >= 0.3 is 0 Å². The van der Waals surface area contributed by atoms with Crippen molar-refractivity contribution < 1.29 is 0 Å². The predicted octanol–water partition coefficient (Wildman–Crippen LogP) is 3.62. The Kier molecular flexibility index (Phi) is 2.70. The van der Waals surface area contributed by atoms with Crippen molar-refractivity contribution in [2.24, 2.45) is 0 Å². The molecular formula is C12H9N3S2. The van der Waals surface area contributed by atoms with Crippen molar-refractivity contribution in [1.82, 2.24) is 9.97 Å². The summed E-state index contributed by atoms with van der Waals surface area (Å²) in [4.78, 5) is 8.68. The standard InChI is InChI=1S/C12H9N3S2/c16-15-9-3-1-2-8(6-9)12-14-10-4-5-13-7-11(10)17-12/h1-7,15-16H. The fourth-order valence-electron chi connectivity index (χ4n) is 1.63. The maximum atomic E-state index is 4.58. The van der Waals surface area contributed by atoms with Gasteiger partial charge in [-0.1, -0.05) is 24.9 Å². The highest BCUT2D eigenvalue weighted by atomic mass is 32.1. The molecule has 0 bridgehead atoms. The quantitative estimate of drug-likeness (QED) is 0.690. The first-order valence-corrected chi connectivity index (χ1v) is 6.34. The minimum atomic E-state index is 0.961. The SMILES string of the molecule is SNc1cccc(-c2nc3ccncc3s2)c1. The van der Waals surface area contributed by atoms with Gasteiger partial charge < -0.3 is 4.72 Å². The van der Waals surface area contributed by atoms with Gasteiger partial charge in [0.25, 0.3) is 0 Å². The van der Waals surface area contributed by atoms with Gasteiger partial charge in [-0.2, -0.15) is 0 Å². The second-order valence-electron chi connectivity index (χ2n) is 3.56. The van der Waals surface area contributed by atoms with Crippen LogP contribution in [-0.2, 0) is 0 Å². The van der Waals surface area contributed by atoms with Crippen molar-refractivity contribution in [2.45, 2.75) is 0 Å². The van der Waals surface area contributed by atoms with E-state index in [4.69, 9.17) is 0 Å². The third-order valence-electron chi connectivity index (χ3n) is 2.43. The average molecular weight is 259 g/mol. The number of hydrogen-bond acceptors (Lipinski definition) is 5. The topological polar surface area (TPSA) is 37.8 Å². The smallest absolute Gasteiger partial charge is 0.124 e. The van der Waals surface area contributed by atoms with Gasteiger partial charge in [0.1, 0.15) is 5.01 Å². The Morgan fingerprint density at radius 1 is 1.24 bits per heavy atom. The molecule has 0 aliphatic heterocycles. The molecule has 2 aromatic heterocycles. The minimum absolute atomic E-state index is 0.961. The molecule has 0 aliphatic rings. The Balaban J connectivity index is 2.13. The minimum Gasteiger partial charge on any atom is -0.332 e. The fraction of sp³-hybridized carbons (Fsp3) is 0. The third-order valence-corrected chi connectivity index (χ3v) is 3.74. The molecule has 0 fully saturated rings. The Morgan fingerprint density at radius 3 is 3.00 bits per heavy atom. The Bertz CT molecular complexity index is 630. The molecule has 0 unspecified atom stereocenters. The molecule has 0 amide bonds. The summed E-state index contributed by atoms with van der Waals surface area (Å²) in [5.41, 5.74) is 3.04. The molecule has 0 saturated heterocycles. The molecule has 3 aromatic rings. The van der Waals surface area contributed by atoms with Crippen molar-refractivity contribution in [1.29, 1.82) is 0 Å². The molecule has 0 saturated carbocycles. The first-order valence-electron chi connectivity index (χ1n) is 5.08. The van der Waals surface area contributed by atoms with Crippen LogP contribution in [0.5, 0.6) is 0 Å². The van der Waals surface area contributed by atoms with Crippen molar-refractivity contribution in [2.75, 3.05) is 4.72 Å². The van der Waals surface area contributed by atoms with Gasteiger partial charge in [0.2, 0.25) is 0 Å². The average Bonchev–Trinajstić information content (AvgIpc) is 2.82. The van der Waals surface area contributed by atoms with Crippen LogP contribution in [0.1, 0.15) is 0 Å². The van der Waals surface area contributed by atoms with Crippen LogP contribution in [0.25, 0.3) is 20.8 Å². The summed E-state index contributed by atoms with van der Waals surface area (Å²) in [6.07, 6.45) is 3.61. The molecular weight excluding hydrogens is 250 g/mol. The molecule has 3 rings (SSSR count). The number of hydrogen-bond donors (Lipinski definition) is 2. The van der Waals surface area contributed by atoms with Crippen molar-refractivity contribution >= 4 is 40.1 Å². The molecule has 0 spiro atoms. The lowest BCUT2D eigenvalue weighted by molar-refractivity contribution is 1.36. The summed E-state index contributed by atoms with van der Waals surface area (Å²) in [6.45, 7) is 0. The number of thiazole rings is 1. The van der Waals surface area contributed by atoms with Gasteiger partial charge in [0, 0.05) is 23.6 Å². The second kappa shape index (κ2) is 4.35.